The number of hydrogen-bond acceptors (Lipinski definition) is 2. The molecule has 0 aliphatic rings. The number of aryl methyl sites for hydroxylation is 2. The maximum absolute atomic E-state index is 11.9. The average molecular weight is 313 g/mol. The molecule has 0 fully saturated rings. The Labute approximate surface area is 114 Å². The van der Waals surface area contributed by atoms with Crippen molar-refractivity contribution in [2.75, 3.05) is 0 Å². The molecule has 1 aromatic carbocycles. The Bertz CT molecular complexity index is 655. The van der Waals surface area contributed by atoms with Gasteiger partial charge >= 0.3 is 5.69 Å². The Morgan fingerprint density at radius 3 is 2.17 bits per heavy atom. The summed E-state index contributed by atoms with van der Waals surface area (Å²) in [5.74, 6) is 0.125. The van der Waals surface area contributed by atoms with Gasteiger partial charge in [-0.3, -0.25) is 9.13 Å². The summed E-state index contributed by atoms with van der Waals surface area (Å²) >= 11 is 3.47. The standard InChI is InChI=1S/C13H17BrN2O2/c1-7(2)12(17)8-5-10-11(6-9(8)14)16(4)13(18)15(10)3/h5-7,12,17H,1-4H3. The van der Waals surface area contributed by atoms with Crippen LogP contribution >= 0.6 is 15.9 Å². The third-order valence-corrected chi connectivity index (χ3v) is 4.03. The highest BCUT2D eigenvalue weighted by Gasteiger charge is 2.18. The van der Waals surface area contributed by atoms with Crippen molar-refractivity contribution in [3.8, 4) is 0 Å². The molecule has 98 valence electrons. The fourth-order valence-electron chi connectivity index (χ4n) is 2.12. The Morgan fingerprint density at radius 2 is 1.67 bits per heavy atom. The Kier molecular flexibility index (Phi) is 3.38. The second-order valence-corrected chi connectivity index (χ2v) is 5.81. The first kappa shape index (κ1) is 13.4. The predicted molar refractivity (Wildman–Crippen MR) is 75.7 cm³/mol. The number of hydrogen-bond donors (Lipinski definition) is 1. The molecule has 2 aromatic rings. The highest BCUT2D eigenvalue weighted by atomic mass is 79.9. The molecule has 0 saturated heterocycles. The summed E-state index contributed by atoms with van der Waals surface area (Å²) in [5, 5.41) is 10.2. The highest BCUT2D eigenvalue weighted by Crippen LogP contribution is 2.31. The minimum atomic E-state index is -0.543. The number of fused-ring (bicyclic) bond motifs is 1. The topological polar surface area (TPSA) is 47.2 Å². The van der Waals surface area contributed by atoms with Gasteiger partial charge in [0.2, 0.25) is 0 Å². The van der Waals surface area contributed by atoms with E-state index in [9.17, 15) is 9.90 Å². The van der Waals surface area contributed by atoms with Crippen molar-refractivity contribution < 1.29 is 5.11 Å². The number of rotatable bonds is 2. The van der Waals surface area contributed by atoms with Crippen LogP contribution in [0.5, 0.6) is 0 Å². The summed E-state index contributed by atoms with van der Waals surface area (Å²) in [6.07, 6.45) is -0.543. The number of aliphatic hydroxyl groups is 1. The van der Waals surface area contributed by atoms with Gasteiger partial charge in [-0.2, -0.15) is 0 Å². The molecule has 1 heterocycles. The lowest BCUT2D eigenvalue weighted by molar-refractivity contribution is 0.126. The molecule has 0 aliphatic heterocycles. The Hall–Kier alpha value is -1.07. The minimum Gasteiger partial charge on any atom is -0.388 e. The SMILES string of the molecule is CC(C)C(O)c1cc2c(cc1Br)n(C)c(=O)n2C. The Morgan fingerprint density at radius 1 is 1.17 bits per heavy atom. The van der Waals surface area contributed by atoms with Gasteiger partial charge in [0.15, 0.2) is 0 Å². The normalized spacial score (nSPS) is 13.5. The van der Waals surface area contributed by atoms with Gasteiger partial charge in [-0.1, -0.05) is 29.8 Å². The molecule has 1 unspecified atom stereocenters. The second-order valence-electron chi connectivity index (χ2n) is 4.95. The molecular weight excluding hydrogens is 296 g/mol. The first-order chi connectivity index (χ1) is 8.34. The molecule has 0 radical (unpaired) electrons. The molecule has 0 bridgehead atoms. The van der Waals surface area contributed by atoms with Crippen molar-refractivity contribution in [3.05, 3.63) is 32.7 Å². The van der Waals surface area contributed by atoms with E-state index in [0.717, 1.165) is 21.1 Å². The van der Waals surface area contributed by atoms with Crippen LogP contribution in [0.25, 0.3) is 11.0 Å². The van der Waals surface area contributed by atoms with Gasteiger partial charge in [0.05, 0.1) is 17.1 Å². The van der Waals surface area contributed by atoms with Gasteiger partial charge < -0.3 is 5.11 Å². The minimum absolute atomic E-state index is 0.0620. The lowest BCUT2D eigenvalue weighted by atomic mass is 9.99. The number of halogens is 1. The van der Waals surface area contributed by atoms with E-state index < -0.39 is 6.10 Å². The van der Waals surface area contributed by atoms with Crippen LogP contribution in [0.1, 0.15) is 25.5 Å². The quantitative estimate of drug-likeness (QED) is 0.925. The van der Waals surface area contributed by atoms with Crippen LogP contribution < -0.4 is 5.69 Å². The van der Waals surface area contributed by atoms with Gasteiger partial charge in [-0.15, -0.1) is 0 Å². The lowest BCUT2D eigenvalue weighted by Crippen LogP contribution is -2.19. The molecule has 5 heteroatoms. The van der Waals surface area contributed by atoms with E-state index >= 15 is 0 Å². The zero-order chi connectivity index (χ0) is 13.6. The fourth-order valence-corrected chi connectivity index (χ4v) is 2.69. The van der Waals surface area contributed by atoms with Crippen LogP contribution in [0, 0.1) is 5.92 Å². The third kappa shape index (κ3) is 1.91. The molecule has 1 N–H and O–H groups in total. The Balaban J connectivity index is 2.77. The number of aromatic nitrogens is 2. The molecule has 0 aliphatic carbocycles. The van der Waals surface area contributed by atoms with E-state index in [-0.39, 0.29) is 11.6 Å². The molecule has 0 amide bonds. The van der Waals surface area contributed by atoms with Crippen LogP contribution in [0.4, 0.5) is 0 Å². The summed E-state index contributed by atoms with van der Waals surface area (Å²) in [6, 6.07) is 3.77. The maximum Gasteiger partial charge on any atom is 0.328 e. The highest BCUT2D eigenvalue weighted by molar-refractivity contribution is 9.10. The fraction of sp³-hybridized carbons (Fsp3) is 0.462. The predicted octanol–water partition coefficient (Wildman–Crippen LogP) is 2.33. The zero-order valence-electron chi connectivity index (χ0n) is 10.9. The number of aliphatic hydroxyl groups excluding tert-OH is 1. The van der Waals surface area contributed by atoms with Crippen LogP contribution in [0.2, 0.25) is 0 Å². The number of nitrogens with zero attached hydrogens (tertiary/aromatic N) is 2. The van der Waals surface area contributed by atoms with E-state index in [1.54, 1.807) is 23.2 Å². The second kappa shape index (κ2) is 4.55. The van der Waals surface area contributed by atoms with Gasteiger partial charge in [-0.25, -0.2) is 4.79 Å². The average Bonchev–Trinajstić information content (AvgIpc) is 2.53. The van der Waals surface area contributed by atoms with Crippen LogP contribution in [0.3, 0.4) is 0 Å². The van der Waals surface area contributed by atoms with Crippen LogP contribution in [-0.2, 0) is 14.1 Å². The largest absolute Gasteiger partial charge is 0.388 e. The van der Waals surface area contributed by atoms with Gasteiger partial charge in [-0.05, 0) is 23.6 Å². The molecular formula is C13H17BrN2O2. The van der Waals surface area contributed by atoms with Crippen molar-refractivity contribution in [1.82, 2.24) is 9.13 Å². The summed E-state index contributed by atoms with van der Waals surface area (Å²) in [7, 11) is 3.49. The summed E-state index contributed by atoms with van der Waals surface area (Å²) in [5.41, 5.74) is 2.45. The van der Waals surface area contributed by atoms with Crippen molar-refractivity contribution in [1.29, 1.82) is 0 Å². The molecule has 0 spiro atoms. The van der Waals surface area contributed by atoms with Crippen molar-refractivity contribution in [2.24, 2.45) is 20.0 Å². The molecule has 2 rings (SSSR count). The summed E-state index contributed by atoms with van der Waals surface area (Å²) in [4.78, 5) is 11.9. The zero-order valence-corrected chi connectivity index (χ0v) is 12.5. The summed E-state index contributed by atoms with van der Waals surface area (Å²) < 4.78 is 4.03. The molecule has 1 atom stereocenters. The van der Waals surface area contributed by atoms with Crippen molar-refractivity contribution in [2.45, 2.75) is 20.0 Å². The lowest BCUT2D eigenvalue weighted by Gasteiger charge is -2.16. The summed E-state index contributed by atoms with van der Waals surface area (Å²) in [6.45, 7) is 3.93. The van der Waals surface area contributed by atoms with Crippen LogP contribution in [0.15, 0.2) is 21.4 Å². The van der Waals surface area contributed by atoms with E-state index in [1.165, 1.54) is 0 Å². The monoisotopic (exact) mass is 312 g/mol. The molecule has 0 saturated carbocycles. The van der Waals surface area contributed by atoms with E-state index in [4.69, 9.17) is 0 Å². The molecule has 4 nitrogen and oxygen atoms in total. The van der Waals surface area contributed by atoms with Gasteiger partial charge in [0, 0.05) is 18.6 Å². The van der Waals surface area contributed by atoms with Crippen LogP contribution in [-0.4, -0.2) is 14.2 Å². The van der Waals surface area contributed by atoms with E-state index in [0.29, 0.717) is 0 Å². The van der Waals surface area contributed by atoms with Crippen molar-refractivity contribution >= 4 is 27.0 Å². The van der Waals surface area contributed by atoms with Gasteiger partial charge in [0.25, 0.3) is 0 Å². The third-order valence-electron chi connectivity index (χ3n) is 3.34. The maximum atomic E-state index is 11.9. The van der Waals surface area contributed by atoms with Gasteiger partial charge in [0.1, 0.15) is 0 Å². The number of benzene rings is 1. The van der Waals surface area contributed by atoms with Crippen molar-refractivity contribution in [3.63, 3.8) is 0 Å². The van der Waals surface area contributed by atoms with E-state index in [1.807, 2.05) is 26.0 Å². The smallest absolute Gasteiger partial charge is 0.328 e. The first-order valence-corrected chi connectivity index (χ1v) is 6.66. The number of imidazole rings is 1. The first-order valence-electron chi connectivity index (χ1n) is 5.87. The molecule has 1 aromatic heterocycles. The molecule has 18 heavy (non-hydrogen) atoms. The van der Waals surface area contributed by atoms with E-state index in [2.05, 4.69) is 15.9 Å².